The minimum atomic E-state index is -0.831. The number of carboxylic acids is 1. The summed E-state index contributed by atoms with van der Waals surface area (Å²) in [5, 5.41) is 11.3. The van der Waals surface area contributed by atoms with Crippen LogP contribution in [0.5, 0.6) is 5.75 Å². The number of H-pyrrole nitrogens is 1. The van der Waals surface area contributed by atoms with Crippen LogP contribution in [-0.4, -0.2) is 34.7 Å². The third-order valence-corrected chi connectivity index (χ3v) is 5.66. The van der Waals surface area contributed by atoms with Gasteiger partial charge in [0.1, 0.15) is 11.3 Å². The first kappa shape index (κ1) is 20.9. The molecule has 0 atom stereocenters. The van der Waals surface area contributed by atoms with Gasteiger partial charge in [-0.2, -0.15) is 0 Å². The highest BCUT2D eigenvalue weighted by Crippen LogP contribution is 2.38. The summed E-state index contributed by atoms with van der Waals surface area (Å²) >= 11 is 0. The number of aliphatic carboxylic acids is 1. The molecule has 2 aromatic carbocycles. The van der Waals surface area contributed by atoms with Crippen LogP contribution in [-0.2, 0) is 17.6 Å². The average Bonchev–Trinajstić information content (AvgIpc) is 3.10. The molecule has 4 aromatic rings. The Morgan fingerprint density at radius 3 is 2.71 bits per heavy atom. The van der Waals surface area contributed by atoms with Crippen molar-refractivity contribution >= 4 is 27.8 Å². The molecule has 0 amide bonds. The average molecular weight is 418 g/mol. The van der Waals surface area contributed by atoms with Gasteiger partial charge < -0.3 is 20.6 Å². The number of fused-ring (bicyclic) bond motifs is 2. The van der Waals surface area contributed by atoms with E-state index >= 15 is 0 Å². The number of nitrogens with one attached hydrogen (secondary N) is 1. The highest BCUT2D eigenvalue weighted by Gasteiger charge is 2.18. The lowest BCUT2D eigenvalue weighted by atomic mass is 9.96. The number of aryl methyl sites for hydroxylation is 2. The molecule has 0 radical (unpaired) electrons. The number of nitrogens with zero attached hydrogens (tertiary/aromatic N) is 1. The van der Waals surface area contributed by atoms with Crippen molar-refractivity contribution in [1.29, 1.82) is 0 Å². The third kappa shape index (κ3) is 4.11. The molecule has 0 aliphatic rings. The van der Waals surface area contributed by atoms with Gasteiger partial charge >= 0.3 is 5.97 Å². The molecular formula is C25H27N3O3. The predicted octanol–water partition coefficient (Wildman–Crippen LogP) is 4.61. The molecule has 2 aromatic heterocycles. The van der Waals surface area contributed by atoms with E-state index in [0.29, 0.717) is 6.54 Å². The van der Waals surface area contributed by atoms with Gasteiger partial charge in [0, 0.05) is 27.5 Å². The van der Waals surface area contributed by atoms with E-state index in [0.717, 1.165) is 69.3 Å². The molecule has 0 saturated heterocycles. The molecule has 6 nitrogen and oxygen atoms in total. The van der Waals surface area contributed by atoms with Gasteiger partial charge in [-0.1, -0.05) is 12.1 Å². The van der Waals surface area contributed by atoms with Gasteiger partial charge in [0.25, 0.3) is 0 Å². The quantitative estimate of drug-likeness (QED) is 0.364. The fourth-order valence-electron chi connectivity index (χ4n) is 4.19. The number of methoxy groups -OCH3 is 1. The number of aromatic nitrogens is 2. The van der Waals surface area contributed by atoms with Crippen LogP contribution in [0.1, 0.15) is 29.7 Å². The predicted molar refractivity (Wildman–Crippen MR) is 124 cm³/mol. The van der Waals surface area contributed by atoms with E-state index < -0.39 is 5.97 Å². The van der Waals surface area contributed by atoms with E-state index in [9.17, 15) is 9.90 Å². The second-order valence-corrected chi connectivity index (χ2v) is 7.84. The first-order chi connectivity index (χ1) is 15.0. The largest absolute Gasteiger partial charge is 0.494 e. The molecule has 0 aliphatic carbocycles. The maximum atomic E-state index is 11.2. The summed E-state index contributed by atoms with van der Waals surface area (Å²) < 4.78 is 5.55. The van der Waals surface area contributed by atoms with Gasteiger partial charge in [0.2, 0.25) is 0 Å². The Kier molecular flexibility index (Phi) is 5.91. The van der Waals surface area contributed by atoms with Gasteiger partial charge in [0.05, 0.1) is 19.2 Å². The molecule has 4 N–H and O–H groups in total. The first-order valence-electron chi connectivity index (χ1n) is 10.5. The van der Waals surface area contributed by atoms with Gasteiger partial charge in [0.15, 0.2) is 0 Å². The van der Waals surface area contributed by atoms with Crippen molar-refractivity contribution in [1.82, 2.24) is 9.97 Å². The van der Waals surface area contributed by atoms with Crippen molar-refractivity contribution in [3.05, 3.63) is 59.3 Å². The number of pyridine rings is 1. The molecular weight excluding hydrogens is 390 g/mol. The Hall–Kier alpha value is -3.38. The molecule has 160 valence electrons. The Balaban J connectivity index is 1.94. The maximum Gasteiger partial charge on any atom is 0.307 e. The van der Waals surface area contributed by atoms with Crippen molar-refractivity contribution in [2.24, 2.45) is 5.73 Å². The maximum absolute atomic E-state index is 11.2. The van der Waals surface area contributed by atoms with Crippen molar-refractivity contribution in [2.45, 2.75) is 32.6 Å². The summed E-state index contributed by atoms with van der Waals surface area (Å²) in [6, 6.07) is 13.9. The molecule has 0 spiro atoms. The number of hydrogen-bond acceptors (Lipinski definition) is 4. The molecule has 0 saturated carbocycles. The van der Waals surface area contributed by atoms with Gasteiger partial charge in [-0.15, -0.1) is 0 Å². The number of benzene rings is 2. The number of aromatic amines is 1. The smallest absolute Gasteiger partial charge is 0.307 e. The van der Waals surface area contributed by atoms with Crippen molar-refractivity contribution in [3.63, 3.8) is 0 Å². The normalized spacial score (nSPS) is 11.3. The lowest BCUT2D eigenvalue weighted by Crippen LogP contribution is -2.00. The highest BCUT2D eigenvalue weighted by atomic mass is 16.5. The summed E-state index contributed by atoms with van der Waals surface area (Å²) in [6.45, 7) is 2.62. The fourth-order valence-corrected chi connectivity index (χ4v) is 4.19. The molecule has 0 bridgehead atoms. The molecule has 31 heavy (non-hydrogen) atoms. The van der Waals surface area contributed by atoms with Crippen molar-refractivity contribution < 1.29 is 14.6 Å². The summed E-state index contributed by atoms with van der Waals surface area (Å²) in [5.41, 5.74) is 12.6. The number of nitrogens with two attached hydrogens (primary N) is 1. The minimum Gasteiger partial charge on any atom is -0.494 e. The number of carboxylic acid groups (broad SMARTS) is 1. The van der Waals surface area contributed by atoms with E-state index in [2.05, 4.69) is 17.1 Å². The van der Waals surface area contributed by atoms with Crippen LogP contribution < -0.4 is 10.5 Å². The Morgan fingerprint density at radius 2 is 1.97 bits per heavy atom. The third-order valence-electron chi connectivity index (χ3n) is 5.66. The molecule has 2 heterocycles. The Bertz CT molecular complexity index is 1260. The Morgan fingerprint density at radius 1 is 1.13 bits per heavy atom. The van der Waals surface area contributed by atoms with Crippen molar-refractivity contribution in [2.75, 3.05) is 13.7 Å². The fraction of sp³-hybridized carbons (Fsp3) is 0.280. The van der Waals surface area contributed by atoms with Crippen LogP contribution in [0.3, 0.4) is 0 Å². The van der Waals surface area contributed by atoms with Crippen LogP contribution in [0.15, 0.2) is 42.5 Å². The monoisotopic (exact) mass is 417 g/mol. The van der Waals surface area contributed by atoms with E-state index in [4.69, 9.17) is 15.5 Å². The van der Waals surface area contributed by atoms with Crippen LogP contribution in [0.25, 0.3) is 33.1 Å². The lowest BCUT2D eigenvalue weighted by Gasteiger charge is -2.12. The van der Waals surface area contributed by atoms with E-state index in [-0.39, 0.29) is 6.42 Å². The van der Waals surface area contributed by atoms with Gasteiger partial charge in [-0.05, 0) is 74.2 Å². The zero-order valence-electron chi connectivity index (χ0n) is 17.9. The number of carbonyl (C=O) groups is 1. The number of rotatable bonds is 8. The number of unbranched alkanes of at least 4 members (excludes halogenated alkanes) is 1. The zero-order valence-corrected chi connectivity index (χ0v) is 17.9. The number of hydrogen-bond donors (Lipinski definition) is 3. The van der Waals surface area contributed by atoms with E-state index in [1.807, 2.05) is 37.3 Å². The van der Waals surface area contributed by atoms with Crippen molar-refractivity contribution in [3.8, 4) is 17.0 Å². The summed E-state index contributed by atoms with van der Waals surface area (Å²) in [6.07, 6.45) is 2.76. The molecule has 0 unspecified atom stereocenters. The SMILES string of the molecule is COc1ccc(-c2[nH]c3ccc(CC(=O)O)cc3c2CCCCN)c2ccc(C)nc12. The van der Waals surface area contributed by atoms with Gasteiger partial charge in [-0.3, -0.25) is 4.79 Å². The zero-order chi connectivity index (χ0) is 22.0. The second kappa shape index (κ2) is 8.78. The summed E-state index contributed by atoms with van der Waals surface area (Å²) in [7, 11) is 1.66. The molecule has 0 aliphatic heterocycles. The van der Waals surface area contributed by atoms with Crippen LogP contribution in [0.2, 0.25) is 0 Å². The van der Waals surface area contributed by atoms with E-state index in [1.165, 1.54) is 5.56 Å². The standard InChI is InChI=1S/C25H27N3O3/c1-15-6-8-19-18(9-11-22(31-2)25(19)27-15)24-17(5-3-4-12-26)20-13-16(14-23(29)30)7-10-21(20)28-24/h6-11,13,28H,3-5,12,14,26H2,1-2H3,(H,29,30). The molecule has 4 rings (SSSR count). The van der Waals surface area contributed by atoms with Crippen LogP contribution in [0.4, 0.5) is 0 Å². The Labute approximate surface area is 181 Å². The van der Waals surface area contributed by atoms with Gasteiger partial charge in [-0.25, -0.2) is 4.98 Å². The lowest BCUT2D eigenvalue weighted by molar-refractivity contribution is -0.136. The van der Waals surface area contributed by atoms with E-state index in [1.54, 1.807) is 7.11 Å². The summed E-state index contributed by atoms with van der Waals surface area (Å²) in [4.78, 5) is 19.5. The number of ether oxygens (including phenoxy) is 1. The van der Waals surface area contributed by atoms with Crippen LogP contribution in [0, 0.1) is 6.92 Å². The molecule has 0 fully saturated rings. The summed E-state index contributed by atoms with van der Waals surface area (Å²) in [5.74, 6) is -0.0885. The van der Waals surface area contributed by atoms with Crippen LogP contribution >= 0.6 is 0 Å². The topological polar surface area (TPSA) is 101 Å². The minimum absolute atomic E-state index is 0.00730. The first-order valence-corrected chi connectivity index (χ1v) is 10.5. The molecule has 6 heteroatoms. The highest BCUT2D eigenvalue weighted by molar-refractivity contribution is 6.01. The second-order valence-electron chi connectivity index (χ2n) is 7.84.